The second kappa shape index (κ2) is 6.91. The number of hydrogen-bond acceptors (Lipinski definition) is 7. The van der Waals surface area contributed by atoms with Crippen LogP contribution < -0.4 is 5.32 Å². The quantitative estimate of drug-likeness (QED) is 0.533. The molecule has 0 saturated carbocycles. The molecule has 128 valence electrons. The number of nitrogens with zero attached hydrogens (tertiary/aromatic N) is 5. The molecule has 1 aromatic carbocycles. The molecule has 25 heavy (non-hydrogen) atoms. The molecular formula is C15H14N6O4. The maximum Gasteiger partial charge on any atom is 0.389 e. The monoisotopic (exact) mass is 342 g/mol. The van der Waals surface area contributed by atoms with E-state index >= 15 is 0 Å². The molecule has 2 heterocycles. The highest BCUT2D eigenvalue weighted by Gasteiger charge is 2.19. The van der Waals surface area contributed by atoms with Gasteiger partial charge in [0.1, 0.15) is 6.54 Å². The van der Waals surface area contributed by atoms with Gasteiger partial charge in [-0.25, -0.2) is 0 Å². The number of benzene rings is 1. The van der Waals surface area contributed by atoms with Crippen LogP contribution in [0.2, 0.25) is 0 Å². The van der Waals surface area contributed by atoms with E-state index in [0.717, 1.165) is 5.56 Å². The third-order valence-corrected chi connectivity index (χ3v) is 3.43. The average molecular weight is 342 g/mol. The number of rotatable bonds is 6. The number of amides is 1. The van der Waals surface area contributed by atoms with Gasteiger partial charge in [-0.1, -0.05) is 35.5 Å². The van der Waals surface area contributed by atoms with Crippen LogP contribution in [-0.4, -0.2) is 30.8 Å². The Morgan fingerprint density at radius 1 is 1.36 bits per heavy atom. The minimum atomic E-state index is -0.601. The van der Waals surface area contributed by atoms with E-state index in [9.17, 15) is 14.9 Å². The highest BCUT2D eigenvalue weighted by molar-refractivity contribution is 5.89. The van der Waals surface area contributed by atoms with Crippen LogP contribution in [0, 0.1) is 10.1 Å². The van der Waals surface area contributed by atoms with Crippen molar-refractivity contribution in [3.63, 3.8) is 0 Å². The first-order chi connectivity index (χ1) is 12.0. The lowest BCUT2D eigenvalue weighted by Crippen LogP contribution is -2.26. The molecule has 0 aliphatic carbocycles. The van der Waals surface area contributed by atoms with Gasteiger partial charge in [0.05, 0.1) is 23.4 Å². The van der Waals surface area contributed by atoms with Gasteiger partial charge in [-0.15, -0.1) is 0 Å². The van der Waals surface area contributed by atoms with E-state index in [0.29, 0.717) is 0 Å². The average Bonchev–Trinajstić information content (AvgIpc) is 3.26. The summed E-state index contributed by atoms with van der Waals surface area (Å²) in [6.45, 7) is 1.90. The number of hydrogen-bond donors (Lipinski definition) is 1. The summed E-state index contributed by atoms with van der Waals surface area (Å²) >= 11 is 0. The highest BCUT2D eigenvalue weighted by atomic mass is 16.6. The van der Waals surface area contributed by atoms with Crippen LogP contribution in [0.25, 0.3) is 0 Å². The molecule has 0 aliphatic heterocycles. The maximum absolute atomic E-state index is 12.2. The first kappa shape index (κ1) is 16.3. The molecule has 0 radical (unpaired) electrons. The van der Waals surface area contributed by atoms with Crippen molar-refractivity contribution in [2.24, 2.45) is 0 Å². The molecule has 3 aromatic rings. The van der Waals surface area contributed by atoms with E-state index in [2.05, 4.69) is 20.6 Å². The first-order valence-electron chi connectivity index (χ1n) is 7.39. The van der Waals surface area contributed by atoms with Crippen LogP contribution in [0.15, 0.2) is 47.1 Å². The lowest BCUT2D eigenvalue weighted by molar-refractivity contribution is -0.389. The Labute approximate surface area is 141 Å². The molecule has 1 N–H and O–H groups in total. The molecule has 2 aromatic heterocycles. The summed E-state index contributed by atoms with van der Waals surface area (Å²) < 4.78 is 6.23. The summed E-state index contributed by atoms with van der Waals surface area (Å²) in [5, 5.41) is 20.8. The fourth-order valence-corrected chi connectivity index (χ4v) is 2.18. The second-order valence-corrected chi connectivity index (χ2v) is 5.25. The standard InChI is InChI=1S/C15H14N6O4/c1-10(11-5-3-2-4-6-11)16-14(22)15-17-12(19-25-15)9-20-8-7-13(18-20)21(23)24/h2-8,10H,9H2,1H3,(H,16,22)/t10-/m1/s1. The van der Waals surface area contributed by atoms with E-state index in [-0.39, 0.29) is 30.1 Å². The Balaban J connectivity index is 1.64. The lowest BCUT2D eigenvalue weighted by atomic mass is 10.1. The highest BCUT2D eigenvalue weighted by Crippen LogP contribution is 2.12. The zero-order chi connectivity index (χ0) is 17.8. The van der Waals surface area contributed by atoms with Crippen LogP contribution in [-0.2, 0) is 6.54 Å². The van der Waals surface area contributed by atoms with Gasteiger partial charge in [-0.2, -0.15) is 9.67 Å². The SMILES string of the molecule is C[C@@H](NC(=O)c1nc(Cn2ccc([N+](=O)[O-])n2)no1)c1ccccc1. The van der Waals surface area contributed by atoms with Crippen LogP contribution in [0.5, 0.6) is 0 Å². The van der Waals surface area contributed by atoms with Crippen LogP contribution in [0.3, 0.4) is 0 Å². The van der Waals surface area contributed by atoms with Crippen molar-refractivity contribution >= 4 is 11.7 Å². The lowest BCUT2D eigenvalue weighted by Gasteiger charge is -2.12. The molecule has 0 spiro atoms. The number of nitrogens with one attached hydrogen (secondary N) is 1. The second-order valence-electron chi connectivity index (χ2n) is 5.25. The number of aromatic nitrogens is 4. The summed E-state index contributed by atoms with van der Waals surface area (Å²) in [4.78, 5) is 26.2. The van der Waals surface area contributed by atoms with E-state index in [4.69, 9.17) is 4.52 Å². The minimum absolute atomic E-state index is 0.0544. The molecule has 0 aliphatic rings. The van der Waals surface area contributed by atoms with E-state index < -0.39 is 10.8 Å². The van der Waals surface area contributed by atoms with E-state index in [1.54, 1.807) is 0 Å². The summed E-state index contributed by atoms with van der Waals surface area (Å²) in [6.07, 6.45) is 1.42. The summed E-state index contributed by atoms with van der Waals surface area (Å²) in [6, 6.07) is 10.5. The van der Waals surface area contributed by atoms with Gasteiger partial charge in [0.2, 0.25) is 0 Å². The smallest absolute Gasteiger partial charge is 0.358 e. The van der Waals surface area contributed by atoms with Crippen molar-refractivity contribution in [2.75, 3.05) is 0 Å². The Bertz CT molecular complexity index is 888. The predicted octanol–water partition coefficient (Wildman–Crippen LogP) is 1.71. The molecular weight excluding hydrogens is 328 g/mol. The zero-order valence-electron chi connectivity index (χ0n) is 13.2. The Kier molecular flexibility index (Phi) is 4.50. The third-order valence-electron chi connectivity index (χ3n) is 3.43. The molecule has 10 nitrogen and oxygen atoms in total. The van der Waals surface area contributed by atoms with Gasteiger partial charge in [-0.05, 0) is 17.4 Å². The van der Waals surface area contributed by atoms with Gasteiger partial charge in [-0.3, -0.25) is 4.79 Å². The van der Waals surface area contributed by atoms with Gasteiger partial charge in [0.15, 0.2) is 5.82 Å². The Hall–Kier alpha value is -3.56. The number of carbonyl (C=O) groups is 1. The molecule has 1 atom stereocenters. The van der Waals surface area contributed by atoms with Gasteiger partial charge in [0, 0.05) is 0 Å². The first-order valence-corrected chi connectivity index (χ1v) is 7.39. The fourth-order valence-electron chi connectivity index (χ4n) is 2.18. The van der Waals surface area contributed by atoms with Crippen molar-refractivity contribution in [1.29, 1.82) is 0 Å². The molecule has 1 amide bonds. The minimum Gasteiger partial charge on any atom is -0.358 e. The van der Waals surface area contributed by atoms with Gasteiger partial charge in [0.25, 0.3) is 0 Å². The summed E-state index contributed by atoms with van der Waals surface area (Å²) in [5.74, 6) is -0.769. The van der Waals surface area contributed by atoms with Crippen molar-refractivity contribution in [1.82, 2.24) is 25.2 Å². The molecule has 0 bridgehead atoms. The molecule has 0 saturated heterocycles. The molecule has 10 heteroatoms. The van der Waals surface area contributed by atoms with Crippen molar-refractivity contribution in [2.45, 2.75) is 19.5 Å². The van der Waals surface area contributed by atoms with Crippen molar-refractivity contribution in [3.8, 4) is 0 Å². The van der Waals surface area contributed by atoms with Crippen LogP contribution in [0.1, 0.15) is 35.0 Å². The number of carbonyl (C=O) groups excluding carboxylic acids is 1. The Morgan fingerprint density at radius 2 is 2.12 bits per heavy atom. The van der Waals surface area contributed by atoms with Crippen LogP contribution >= 0.6 is 0 Å². The molecule has 0 unspecified atom stereocenters. The van der Waals surface area contributed by atoms with E-state index in [1.165, 1.54) is 16.9 Å². The summed E-state index contributed by atoms with van der Waals surface area (Å²) in [5.41, 5.74) is 0.944. The fraction of sp³-hybridized carbons (Fsp3) is 0.200. The number of nitro groups is 1. The van der Waals surface area contributed by atoms with E-state index in [1.807, 2.05) is 37.3 Å². The maximum atomic E-state index is 12.2. The normalized spacial score (nSPS) is 11.9. The van der Waals surface area contributed by atoms with Crippen molar-refractivity contribution in [3.05, 3.63) is 70.0 Å². The van der Waals surface area contributed by atoms with Gasteiger partial charge < -0.3 is 20.0 Å². The van der Waals surface area contributed by atoms with Crippen molar-refractivity contribution < 1.29 is 14.2 Å². The zero-order valence-corrected chi connectivity index (χ0v) is 13.2. The summed E-state index contributed by atoms with van der Waals surface area (Å²) in [7, 11) is 0. The third kappa shape index (κ3) is 3.86. The van der Waals surface area contributed by atoms with Crippen LogP contribution in [0.4, 0.5) is 5.82 Å². The molecule has 3 rings (SSSR count). The predicted molar refractivity (Wildman–Crippen MR) is 84.6 cm³/mol. The largest absolute Gasteiger partial charge is 0.389 e. The van der Waals surface area contributed by atoms with Gasteiger partial charge >= 0.3 is 17.6 Å². The Morgan fingerprint density at radius 3 is 2.80 bits per heavy atom. The topological polar surface area (TPSA) is 129 Å². The molecule has 0 fully saturated rings.